The summed E-state index contributed by atoms with van der Waals surface area (Å²) in [5, 5.41) is 12.9. The van der Waals surface area contributed by atoms with E-state index in [1.807, 2.05) is 25.1 Å². The molecule has 0 aliphatic heterocycles. The van der Waals surface area contributed by atoms with Crippen molar-refractivity contribution in [1.29, 1.82) is 0 Å². The molecule has 3 aliphatic carbocycles. The molecule has 1 N–H and O–H groups in total. The number of carbonyl (C=O) groups excluding carboxylic acids is 1. The molecule has 3 fully saturated rings. The van der Waals surface area contributed by atoms with Crippen LogP contribution in [0, 0.1) is 12.3 Å². The first-order valence-electron chi connectivity index (χ1n) is 10.1. The summed E-state index contributed by atoms with van der Waals surface area (Å²) in [4.78, 5) is 12.4. The van der Waals surface area contributed by atoms with Gasteiger partial charge in [0.1, 0.15) is 12.4 Å². The molecule has 0 saturated heterocycles. The summed E-state index contributed by atoms with van der Waals surface area (Å²) < 4.78 is 11.4. The average molecular weight is 458 g/mol. The number of Topliss-reactive ketones (excluding diaryl/α,β-unsaturated/α-hetero) is 1. The van der Waals surface area contributed by atoms with Gasteiger partial charge in [0.15, 0.2) is 5.78 Å². The Hall–Kier alpha value is -2.57. The molecule has 3 aliphatic rings. The Balaban J connectivity index is 1.11. The molecule has 160 valence electrons. The number of ketones is 1. The van der Waals surface area contributed by atoms with Crippen LogP contribution in [0.25, 0.3) is 11.5 Å². The van der Waals surface area contributed by atoms with Crippen LogP contribution in [0.4, 0.5) is 6.01 Å². The lowest BCUT2D eigenvalue weighted by Crippen LogP contribution is -2.71. The lowest BCUT2D eigenvalue weighted by Gasteiger charge is -2.70. The second kappa shape index (κ2) is 7.53. The Bertz CT molecular complexity index is 1120. The number of anilines is 1. The maximum atomic E-state index is 12.4. The maximum Gasteiger partial charge on any atom is 0.316 e. The Morgan fingerprint density at radius 3 is 2.58 bits per heavy atom. The van der Waals surface area contributed by atoms with Crippen LogP contribution in [0.15, 0.2) is 46.9 Å². The van der Waals surface area contributed by atoms with Gasteiger partial charge < -0.3 is 14.5 Å². The van der Waals surface area contributed by atoms with E-state index in [1.54, 1.807) is 24.3 Å². The average Bonchev–Trinajstić information content (AvgIpc) is 3.15. The van der Waals surface area contributed by atoms with Crippen LogP contribution in [-0.4, -0.2) is 28.1 Å². The van der Waals surface area contributed by atoms with Crippen molar-refractivity contribution in [2.75, 3.05) is 11.9 Å². The molecule has 31 heavy (non-hydrogen) atoms. The molecule has 3 saturated carbocycles. The first-order valence-corrected chi connectivity index (χ1v) is 10.9. The van der Waals surface area contributed by atoms with Crippen molar-refractivity contribution in [1.82, 2.24) is 10.2 Å². The monoisotopic (exact) mass is 457 g/mol. The molecule has 1 heterocycles. The summed E-state index contributed by atoms with van der Waals surface area (Å²) in [6.07, 6.45) is 3.29. The number of carbonyl (C=O) groups is 1. The largest absolute Gasteiger partial charge is 0.486 e. The fraction of sp³-hybridized carbons (Fsp3) is 0.348. The molecule has 0 radical (unpaired) electrons. The second-order valence-corrected chi connectivity index (χ2v) is 9.61. The van der Waals surface area contributed by atoms with E-state index in [-0.39, 0.29) is 23.3 Å². The quantitative estimate of drug-likeness (QED) is 0.465. The van der Waals surface area contributed by atoms with Gasteiger partial charge >= 0.3 is 6.01 Å². The number of rotatable bonds is 8. The van der Waals surface area contributed by atoms with Crippen molar-refractivity contribution in [3.63, 3.8) is 0 Å². The lowest BCUT2D eigenvalue weighted by atomic mass is 9.38. The van der Waals surface area contributed by atoms with Crippen molar-refractivity contribution in [2.45, 2.75) is 38.1 Å². The van der Waals surface area contributed by atoms with Crippen molar-refractivity contribution < 1.29 is 13.9 Å². The molecule has 2 bridgehead atoms. The smallest absolute Gasteiger partial charge is 0.316 e. The summed E-state index contributed by atoms with van der Waals surface area (Å²) in [5.74, 6) is 1.23. The summed E-state index contributed by atoms with van der Waals surface area (Å²) in [6.45, 7) is 1.99. The number of benzene rings is 2. The van der Waals surface area contributed by atoms with Gasteiger partial charge in [0.25, 0.3) is 0 Å². The highest BCUT2D eigenvalue weighted by atomic mass is 35.5. The zero-order valence-corrected chi connectivity index (χ0v) is 18.5. The Labute approximate surface area is 189 Å². The highest BCUT2D eigenvalue weighted by Crippen LogP contribution is 2.70. The third-order valence-electron chi connectivity index (χ3n) is 6.13. The molecule has 1 aromatic heterocycles. The standard InChI is InChI=1S/C23H21Cl2N3O3/c1-14-8-18(6-7-19(14)25)30-10-17(29)9-22-11-23(12-22,13-22)26-21-28-27-20(31-21)15-2-4-16(24)5-3-15/h2-8H,9-13H2,1H3,(H,26,28). The van der Waals surface area contributed by atoms with Crippen molar-refractivity contribution in [3.8, 4) is 17.2 Å². The van der Waals surface area contributed by atoms with Crippen LogP contribution in [0.3, 0.4) is 0 Å². The number of aromatic nitrogens is 2. The molecule has 0 atom stereocenters. The van der Waals surface area contributed by atoms with E-state index in [9.17, 15) is 4.79 Å². The van der Waals surface area contributed by atoms with Crippen molar-refractivity contribution in [2.24, 2.45) is 5.41 Å². The molecule has 6 nitrogen and oxygen atoms in total. The van der Waals surface area contributed by atoms with Gasteiger partial charge in [0.2, 0.25) is 5.89 Å². The van der Waals surface area contributed by atoms with E-state index in [1.165, 1.54) is 0 Å². The molecule has 8 heteroatoms. The predicted octanol–water partition coefficient (Wildman–Crippen LogP) is 5.72. The minimum atomic E-state index is -0.0434. The predicted molar refractivity (Wildman–Crippen MR) is 119 cm³/mol. The third-order valence-corrected chi connectivity index (χ3v) is 6.81. The molecule has 6 rings (SSSR count). The summed E-state index contributed by atoms with van der Waals surface area (Å²) in [6, 6.07) is 13.1. The highest BCUT2D eigenvalue weighted by Gasteiger charge is 2.68. The molecule has 0 unspecified atom stereocenters. The fourth-order valence-electron chi connectivity index (χ4n) is 4.87. The number of nitrogens with one attached hydrogen (secondary N) is 1. The molecule has 0 spiro atoms. The molecule has 0 amide bonds. The summed E-state index contributed by atoms with van der Waals surface area (Å²) in [7, 11) is 0. The number of halogens is 2. The van der Waals surface area contributed by atoms with Gasteiger partial charge in [-0.3, -0.25) is 4.79 Å². The molecule has 3 aromatic rings. The molecular weight excluding hydrogens is 437 g/mol. The Kier molecular flexibility index (Phi) is 4.94. The summed E-state index contributed by atoms with van der Waals surface area (Å²) >= 11 is 11.9. The van der Waals surface area contributed by atoms with Gasteiger partial charge in [0, 0.05) is 27.6 Å². The van der Waals surface area contributed by atoms with Gasteiger partial charge in [-0.15, -0.1) is 5.10 Å². The molecule has 2 aromatic carbocycles. The van der Waals surface area contributed by atoms with Crippen LogP contribution < -0.4 is 10.1 Å². The van der Waals surface area contributed by atoms with Gasteiger partial charge in [-0.25, -0.2) is 0 Å². The van der Waals surface area contributed by atoms with E-state index in [4.69, 9.17) is 32.4 Å². The van der Waals surface area contributed by atoms with Gasteiger partial charge in [0.05, 0.1) is 0 Å². The van der Waals surface area contributed by atoms with E-state index in [0.29, 0.717) is 34.1 Å². The first kappa shape index (κ1) is 20.3. The fourth-order valence-corrected chi connectivity index (χ4v) is 5.11. The van der Waals surface area contributed by atoms with Crippen LogP contribution in [0.5, 0.6) is 5.75 Å². The minimum absolute atomic E-state index is 0.0434. The highest BCUT2D eigenvalue weighted by molar-refractivity contribution is 6.31. The Morgan fingerprint density at radius 1 is 1.13 bits per heavy atom. The van der Waals surface area contributed by atoms with Gasteiger partial charge in [-0.05, 0) is 79.6 Å². The number of aryl methyl sites for hydroxylation is 1. The van der Waals surface area contributed by atoms with Crippen molar-refractivity contribution >= 4 is 35.0 Å². The van der Waals surface area contributed by atoms with Crippen LogP contribution in [0.2, 0.25) is 10.0 Å². The molecular formula is C23H21Cl2N3O3. The summed E-state index contributed by atoms with van der Waals surface area (Å²) in [5.41, 5.74) is 1.78. The van der Waals surface area contributed by atoms with Gasteiger partial charge in [-0.2, -0.15) is 0 Å². The SMILES string of the molecule is Cc1cc(OCC(=O)CC23CC(Nc4nnc(-c5ccc(Cl)cc5)o4)(C2)C3)ccc1Cl. The first-order chi connectivity index (χ1) is 14.8. The maximum absolute atomic E-state index is 12.4. The third kappa shape index (κ3) is 4.02. The number of hydrogen-bond acceptors (Lipinski definition) is 6. The van der Waals surface area contributed by atoms with Gasteiger partial charge in [-0.1, -0.05) is 28.3 Å². The topological polar surface area (TPSA) is 77.2 Å². The van der Waals surface area contributed by atoms with Crippen LogP contribution in [0.1, 0.15) is 31.2 Å². The number of hydrogen-bond donors (Lipinski definition) is 1. The minimum Gasteiger partial charge on any atom is -0.486 e. The van der Waals surface area contributed by atoms with E-state index in [0.717, 1.165) is 30.4 Å². The zero-order chi connectivity index (χ0) is 21.6. The van der Waals surface area contributed by atoms with Crippen molar-refractivity contribution in [3.05, 3.63) is 58.1 Å². The lowest BCUT2D eigenvalue weighted by molar-refractivity contribution is -0.147. The second-order valence-electron chi connectivity index (χ2n) is 8.77. The number of ether oxygens (including phenoxy) is 1. The Morgan fingerprint density at radius 2 is 1.87 bits per heavy atom. The zero-order valence-electron chi connectivity index (χ0n) is 17.0. The number of nitrogens with zero attached hydrogens (tertiary/aromatic N) is 2. The van der Waals surface area contributed by atoms with Crippen LogP contribution in [-0.2, 0) is 4.79 Å². The van der Waals surface area contributed by atoms with E-state index >= 15 is 0 Å². The van der Waals surface area contributed by atoms with E-state index in [2.05, 4.69) is 15.5 Å². The van der Waals surface area contributed by atoms with E-state index < -0.39 is 0 Å². The normalized spacial score (nSPS) is 23.6. The van der Waals surface area contributed by atoms with Crippen LogP contribution >= 0.6 is 23.2 Å².